The largest absolute Gasteiger partial charge is 0.392 e. The highest BCUT2D eigenvalue weighted by atomic mass is 35.5. The Balaban J connectivity index is 1.98. The molecule has 0 N–H and O–H groups in total. The number of likely N-dealkylation sites (tertiary alicyclic amines) is 1. The first-order valence-electron chi connectivity index (χ1n) is 7.80. The summed E-state index contributed by atoms with van der Waals surface area (Å²) >= 11 is 6.06. The minimum absolute atomic E-state index is 0.0554. The number of rotatable bonds is 2. The fraction of sp³-hybridized carbons (Fsp3) is 0.933. The number of piperidine rings is 1. The molecule has 21 heavy (non-hydrogen) atoms. The minimum atomic E-state index is -4.26. The van der Waals surface area contributed by atoms with Gasteiger partial charge in [0, 0.05) is 24.4 Å². The fourth-order valence-electron chi connectivity index (χ4n) is 3.63. The second kappa shape index (κ2) is 6.76. The van der Waals surface area contributed by atoms with Crippen molar-refractivity contribution in [3.63, 3.8) is 0 Å². The van der Waals surface area contributed by atoms with Crippen molar-refractivity contribution >= 4 is 17.5 Å². The molecule has 3 atom stereocenters. The van der Waals surface area contributed by atoms with E-state index in [1.807, 2.05) is 6.92 Å². The summed E-state index contributed by atoms with van der Waals surface area (Å²) in [5.41, 5.74) is 0. The Morgan fingerprint density at radius 2 is 1.71 bits per heavy atom. The van der Waals surface area contributed by atoms with Gasteiger partial charge in [-0.2, -0.15) is 13.2 Å². The second-order valence-electron chi connectivity index (χ2n) is 6.38. The SMILES string of the molecule is CC(Cl)C1CCN(C(=O)C2CCCCC2C(F)(F)F)CC1. The average molecular weight is 326 g/mol. The zero-order valence-electron chi connectivity index (χ0n) is 12.3. The van der Waals surface area contributed by atoms with E-state index in [9.17, 15) is 18.0 Å². The van der Waals surface area contributed by atoms with Crippen molar-refractivity contribution in [3.8, 4) is 0 Å². The van der Waals surface area contributed by atoms with E-state index in [2.05, 4.69) is 0 Å². The van der Waals surface area contributed by atoms with E-state index in [0.717, 1.165) is 19.3 Å². The van der Waals surface area contributed by atoms with Crippen LogP contribution in [0.3, 0.4) is 0 Å². The lowest BCUT2D eigenvalue weighted by Gasteiger charge is -2.39. The first kappa shape index (κ1) is 16.9. The normalized spacial score (nSPS) is 30.2. The molecule has 2 rings (SSSR count). The van der Waals surface area contributed by atoms with Crippen LogP contribution >= 0.6 is 11.6 Å². The van der Waals surface area contributed by atoms with E-state index in [4.69, 9.17) is 11.6 Å². The van der Waals surface area contributed by atoms with E-state index in [0.29, 0.717) is 31.8 Å². The molecule has 0 spiro atoms. The third-order valence-electron chi connectivity index (χ3n) is 5.00. The van der Waals surface area contributed by atoms with Crippen molar-refractivity contribution in [2.75, 3.05) is 13.1 Å². The number of hydrogen-bond donors (Lipinski definition) is 0. The Kier molecular flexibility index (Phi) is 5.44. The number of hydrogen-bond acceptors (Lipinski definition) is 1. The van der Waals surface area contributed by atoms with Crippen molar-refractivity contribution in [1.82, 2.24) is 4.90 Å². The van der Waals surface area contributed by atoms with Gasteiger partial charge in [-0.05, 0) is 38.5 Å². The van der Waals surface area contributed by atoms with Crippen LogP contribution in [0.15, 0.2) is 0 Å². The van der Waals surface area contributed by atoms with Crippen LogP contribution < -0.4 is 0 Å². The number of carbonyl (C=O) groups is 1. The van der Waals surface area contributed by atoms with Crippen molar-refractivity contribution in [3.05, 3.63) is 0 Å². The molecule has 0 aromatic carbocycles. The molecule has 122 valence electrons. The maximum atomic E-state index is 13.1. The molecule has 3 unspecified atom stereocenters. The van der Waals surface area contributed by atoms with Crippen LogP contribution in [0.25, 0.3) is 0 Å². The lowest BCUT2D eigenvalue weighted by molar-refractivity contribution is -0.201. The molecule has 0 bridgehead atoms. The molecule has 1 heterocycles. The summed E-state index contributed by atoms with van der Waals surface area (Å²) in [6.45, 7) is 3.02. The lowest BCUT2D eigenvalue weighted by atomic mass is 9.77. The first-order valence-corrected chi connectivity index (χ1v) is 8.24. The Labute approximate surface area is 129 Å². The third kappa shape index (κ3) is 4.05. The Bertz CT molecular complexity index is 364. The van der Waals surface area contributed by atoms with Gasteiger partial charge in [0.2, 0.25) is 5.91 Å². The molecule has 6 heteroatoms. The third-order valence-corrected chi connectivity index (χ3v) is 5.36. The summed E-state index contributed by atoms with van der Waals surface area (Å²) in [4.78, 5) is 14.1. The molecule has 1 saturated heterocycles. The summed E-state index contributed by atoms with van der Waals surface area (Å²) < 4.78 is 39.3. The predicted octanol–water partition coefficient (Wildman–Crippen LogP) is 4.22. The topological polar surface area (TPSA) is 20.3 Å². The first-order chi connectivity index (χ1) is 9.80. The molecule has 2 nitrogen and oxygen atoms in total. The number of halogens is 4. The van der Waals surface area contributed by atoms with Gasteiger partial charge in [-0.3, -0.25) is 4.79 Å². The average Bonchev–Trinajstić information content (AvgIpc) is 2.45. The monoisotopic (exact) mass is 325 g/mol. The van der Waals surface area contributed by atoms with Crippen molar-refractivity contribution in [1.29, 1.82) is 0 Å². The van der Waals surface area contributed by atoms with Crippen LogP contribution in [0, 0.1) is 17.8 Å². The van der Waals surface area contributed by atoms with Crippen LogP contribution in [0.5, 0.6) is 0 Å². The lowest BCUT2D eigenvalue weighted by Crippen LogP contribution is -2.47. The van der Waals surface area contributed by atoms with Gasteiger partial charge in [0.25, 0.3) is 0 Å². The molecule has 1 saturated carbocycles. The molecule has 0 radical (unpaired) electrons. The Hall–Kier alpha value is -0.450. The molecule has 2 fully saturated rings. The quantitative estimate of drug-likeness (QED) is 0.696. The van der Waals surface area contributed by atoms with Crippen LogP contribution in [-0.2, 0) is 4.79 Å². The van der Waals surface area contributed by atoms with Crippen molar-refractivity contribution in [2.45, 2.75) is 57.0 Å². The van der Waals surface area contributed by atoms with E-state index >= 15 is 0 Å². The summed E-state index contributed by atoms with van der Waals surface area (Å²) in [5, 5.41) is 0.0554. The zero-order chi connectivity index (χ0) is 15.6. The molecular formula is C15H23ClF3NO. The van der Waals surface area contributed by atoms with E-state index in [1.165, 1.54) is 0 Å². The highest BCUT2D eigenvalue weighted by Crippen LogP contribution is 2.42. The van der Waals surface area contributed by atoms with E-state index < -0.39 is 18.0 Å². The van der Waals surface area contributed by atoms with Gasteiger partial charge in [-0.1, -0.05) is 12.8 Å². The number of amides is 1. The second-order valence-corrected chi connectivity index (χ2v) is 7.07. The maximum absolute atomic E-state index is 13.1. The van der Waals surface area contributed by atoms with Crippen LogP contribution in [0.2, 0.25) is 0 Å². The number of carbonyl (C=O) groups excluding carboxylic acids is 1. The predicted molar refractivity (Wildman–Crippen MR) is 76.1 cm³/mol. The van der Waals surface area contributed by atoms with Gasteiger partial charge < -0.3 is 4.90 Å². The van der Waals surface area contributed by atoms with Crippen molar-refractivity contribution in [2.24, 2.45) is 17.8 Å². The molecule has 0 aromatic heterocycles. The van der Waals surface area contributed by atoms with Gasteiger partial charge in [-0.15, -0.1) is 11.6 Å². The van der Waals surface area contributed by atoms with E-state index in [-0.39, 0.29) is 17.7 Å². The standard InChI is InChI=1S/C15H23ClF3NO/c1-10(16)11-6-8-20(9-7-11)14(21)12-4-2-3-5-13(12)15(17,18)19/h10-13H,2-9H2,1H3. The van der Waals surface area contributed by atoms with Crippen LogP contribution in [0.4, 0.5) is 13.2 Å². The maximum Gasteiger partial charge on any atom is 0.392 e. The van der Waals surface area contributed by atoms with Gasteiger partial charge in [-0.25, -0.2) is 0 Å². The highest BCUT2D eigenvalue weighted by molar-refractivity contribution is 6.20. The van der Waals surface area contributed by atoms with Gasteiger partial charge in [0.05, 0.1) is 5.92 Å². The van der Waals surface area contributed by atoms with Gasteiger partial charge in [0.1, 0.15) is 0 Å². The van der Waals surface area contributed by atoms with Crippen molar-refractivity contribution < 1.29 is 18.0 Å². The molecular weight excluding hydrogens is 303 g/mol. The van der Waals surface area contributed by atoms with Gasteiger partial charge >= 0.3 is 6.18 Å². The number of alkyl halides is 4. The molecule has 1 amide bonds. The highest BCUT2D eigenvalue weighted by Gasteiger charge is 2.49. The summed E-state index contributed by atoms with van der Waals surface area (Å²) in [7, 11) is 0. The number of nitrogens with zero attached hydrogens (tertiary/aromatic N) is 1. The molecule has 2 aliphatic rings. The summed E-state index contributed by atoms with van der Waals surface area (Å²) in [5.74, 6) is -2.26. The smallest absolute Gasteiger partial charge is 0.342 e. The Morgan fingerprint density at radius 1 is 1.14 bits per heavy atom. The molecule has 1 aliphatic heterocycles. The molecule has 0 aromatic rings. The minimum Gasteiger partial charge on any atom is -0.342 e. The molecule has 1 aliphatic carbocycles. The van der Waals surface area contributed by atoms with E-state index in [1.54, 1.807) is 4.90 Å². The summed E-state index contributed by atoms with van der Waals surface area (Å²) in [6.07, 6.45) is -0.925. The fourth-order valence-corrected chi connectivity index (χ4v) is 3.88. The summed E-state index contributed by atoms with van der Waals surface area (Å²) in [6, 6.07) is 0. The zero-order valence-corrected chi connectivity index (χ0v) is 13.1. The van der Waals surface area contributed by atoms with Crippen LogP contribution in [-0.4, -0.2) is 35.4 Å². The Morgan fingerprint density at radius 3 is 2.24 bits per heavy atom. The van der Waals surface area contributed by atoms with Gasteiger partial charge in [0.15, 0.2) is 0 Å². The van der Waals surface area contributed by atoms with Crippen LogP contribution in [0.1, 0.15) is 45.4 Å².